The predicted molar refractivity (Wildman–Crippen MR) is 59.8 cm³/mol. The van der Waals surface area contributed by atoms with E-state index in [2.05, 4.69) is 10.1 Å². The van der Waals surface area contributed by atoms with E-state index in [1.807, 2.05) is 20.9 Å². The molecular weight excluding hydrogens is 231 g/mol. The molecule has 0 radical (unpaired) electrons. The molecule has 0 spiro atoms. The van der Waals surface area contributed by atoms with Crippen LogP contribution in [-0.4, -0.2) is 13.4 Å². The molecule has 1 atom stereocenters. The summed E-state index contributed by atoms with van der Waals surface area (Å²) in [4.78, 5) is 0. The lowest BCUT2D eigenvalue weighted by atomic mass is 9.96. The van der Waals surface area contributed by atoms with Crippen LogP contribution < -0.4 is 10.1 Å². The zero-order valence-corrected chi connectivity index (χ0v) is 10.0. The first-order valence-corrected chi connectivity index (χ1v) is 5.36. The Hall–Kier alpha value is -1.23. The molecule has 0 saturated heterocycles. The third-order valence-corrected chi connectivity index (χ3v) is 2.45. The first kappa shape index (κ1) is 13.8. The van der Waals surface area contributed by atoms with Gasteiger partial charge in [0.1, 0.15) is 5.75 Å². The van der Waals surface area contributed by atoms with E-state index in [1.165, 1.54) is 12.1 Å². The predicted octanol–water partition coefficient (Wildman–Crippen LogP) is 3.50. The van der Waals surface area contributed by atoms with Crippen LogP contribution in [0.25, 0.3) is 0 Å². The topological polar surface area (TPSA) is 21.3 Å². The molecule has 1 unspecified atom stereocenters. The Bertz CT molecular complexity index is 346. The van der Waals surface area contributed by atoms with Gasteiger partial charge in [-0.25, -0.2) is 0 Å². The van der Waals surface area contributed by atoms with Crippen molar-refractivity contribution in [1.29, 1.82) is 0 Å². The van der Waals surface area contributed by atoms with Crippen LogP contribution in [0.1, 0.15) is 25.5 Å². The van der Waals surface area contributed by atoms with Crippen LogP contribution in [0, 0.1) is 5.92 Å². The first-order valence-electron chi connectivity index (χ1n) is 5.36. The van der Waals surface area contributed by atoms with Crippen LogP contribution in [0.15, 0.2) is 24.3 Å². The molecule has 2 nitrogen and oxygen atoms in total. The molecule has 1 aromatic rings. The van der Waals surface area contributed by atoms with Crippen molar-refractivity contribution in [2.24, 2.45) is 5.92 Å². The average molecular weight is 247 g/mol. The van der Waals surface area contributed by atoms with Gasteiger partial charge in [-0.05, 0) is 30.7 Å². The van der Waals surface area contributed by atoms with Crippen molar-refractivity contribution in [2.45, 2.75) is 26.3 Å². The lowest BCUT2D eigenvalue weighted by molar-refractivity contribution is -0.274. The number of alkyl halides is 3. The van der Waals surface area contributed by atoms with Gasteiger partial charge in [0.15, 0.2) is 0 Å². The normalized spacial score (nSPS) is 13.8. The number of hydrogen-bond acceptors (Lipinski definition) is 2. The number of benzene rings is 1. The Morgan fingerprint density at radius 1 is 1.12 bits per heavy atom. The zero-order valence-electron chi connectivity index (χ0n) is 10.0. The largest absolute Gasteiger partial charge is 0.573 e. The molecule has 0 aliphatic rings. The van der Waals surface area contributed by atoms with E-state index in [0.717, 1.165) is 5.56 Å². The first-order chi connectivity index (χ1) is 7.83. The third kappa shape index (κ3) is 4.26. The van der Waals surface area contributed by atoms with E-state index in [-0.39, 0.29) is 11.8 Å². The van der Waals surface area contributed by atoms with Gasteiger partial charge in [-0.1, -0.05) is 26.0 Å². The van der Waals surface area contributed by atoms with E-state index in [9.17, 15) is 13.2 Å². The third-order valence-electron chi connectivity index (χ3n) is 2.45. The molecule has 0 heterocycles. The average Bonchev–Trinajstić information content (AvgIpc) is 2.18. The van der Waals surface area contributed by atoms with Crippen molar-refractivity contribution in [2.75, 3.05) is 7.05 Å². The Balaban J connectivity index is 2.80. The Morgan fingerprint density at radius 2 is 1.65 bits per heavy atom. The lowest BCUT2D eigenvalue weighted by Gasteiger charge is -2.21. The van der Waals surface area contributed by atoms with Gasteiger partial charge in [-0.2, -0.15) is 0 Å². The molecule has 17 heavy (non-hydrogen) atoms. The summed E-state index contributed by atoms with van der Waals surface area (Å²) in [6, 6.07) is 6.06. The second-order valence-electron chi connectivity index (χ2n) is 4.13. The fourth-order valence-electron chi connectivity index (χ4n) is 1.76. The van der Waals surface area contributed by atoms with E-state index >= 15 is 0 Å². The van der Waals surface area contributed by atoms with Crippen LogP contribution in [-0.2, 0) is 0 Å². The van der Waals surface area contributed by atoms with Crippen molar-refractivity contribution in [1.82, 2.24) is 5.32 Å². The molecule has 0 amide bonds. The second kappa shape index (κ2) is 5.40. The van der Waals surface area contributed by atoms with Crippen molar-refractivity contribution < 1.29 is 17.9 Å². The fraction of sp³-hybridized carbons (Fsp3) is 0.500. The maximum absolute atomic E-state index is 12.0. The monoisotopic (exact) mass is 247 g/mol. The highest BCUT2D eigenvalue weighted by molar-refractivity contribution is 5.29. The molecule has 1 aromatic carbocycles. The Labute approximate surface area is 98.8 Å². The minimum Gasteiger partial charge on any atom is -0.406 e. The Morgan fingerprint density at radius 3 is 2.00 bits per heavy atom. The number of halogens is 3. The highest BCUT2D eigenvalue weighted by Gasteiger charge is 2.31. The fourth-order valence-corrected chi connectivity index (χ4v) is 1.76. The second-order valence-corrected chi connectivity index (χ2v) is 4.13. The van der Waals surface area contributed by atoms with Gasteiger partial charge in [-0.15, -0.1) is 13.2 Å². The van der Waals surface area contributed by atoms with Gasteiger partial charge in [-0.3, -0.25) is 0 Å². The smallest absolute Gasteiger partial charge is 0.406 e. The molecule has 5 heteroatoms. The molecule has 1 rings (SSSR count). The zero-order chi connectivity index (χ0) is 13.1. The van der Waals surface area contributed by atoms with Gasteiger partial charge < -0.3 is 10.1 Å². The van der Waals surface area contributed by atoms with Crippen LogP contribution in [0.2, 0.25) is 0 Å². The molecule has 0 aliphatic heterocycles. The van der Waals surface area contributed by atoms with Gasteiger partial charge in [0, 0.05) is 6.04 Å². The lowest BCUT2D eigenvalue weighted by Crippen LogP contribution is -2.21. The maximum atomic E-state index is 12.0. The van der Waals surface area contributed by atoms with Crippen LogP contribution in [0.5, 0.6) is 5.75 Å². The number of rotatable bonds is 4. The highest BCUT2D eigenvalue weighted by atomic mass is 19.4. The number of nitrogens with one attached hydrogen (secondary N) is 1. The molecule has 96 valence electrons. The van der Waals surface area contributed by atoms with Gasteiger partial charge in [0.2, 0.25) is 0 Å². The van der Waals surface area contributed by atoms with Crippen LogP contribution in [0.4, 0.5) is 13.2 Å². The Kier molecular flexibility index (Phi) is 4.40. The minimum atomic E-state index is -4.64. The van der Waals surface area contributed by atoms with Gasteiger partial charge >= 0.3 is 6.36 Å². The molecular formula is C12H16F3NO. The molecule has 0 bridgehead atoms. The van der Waals surface area contributed by atoms with Gasteiger partial charge in [0.05, 0.1) is 0 Å². The summed E-state index contributed by atoms with van der Waals surface area (Å²) < 4.78 is 39.7. The van der Waals surface area contributed by atoms with E-state index in [0.29, 0.717) is 5.92 Å². The standard InChI is InChI=1S/C12H16F3NO/c1-8(2)11(16-3)9-4-6-10(7-5-9)17-12(13,14)15/h4-8,11,16H,1-3H3. The highest BCUT2D eigenvalue weighted by Crippen LogP contribution is 2.26. The summed E-state index contributed by atoms with van der Waals surface area (Å²) in [6.45, 7) is 4.09. The summed E-state index contributed by atoms with van der Waals surface area (Å²) >= 11 is 0. The number of hydrogen-bond donors (Lipinski definition) is 1. The number of ether oxygens (including phenoxy) is 1. The minimum absolute atomic E-state index is 0.120. The molecule has 0 fully saturated rings. The summed E-state index contributed by atoms with van der Waals surface area (Å²) in [5, 5.41) is 3.12. The summed E-state index contributed by atoms with van der Waals surface area (Å²) in [6.07, 6.45) is -4.64. The summed E-state index contributed by atoms with van der Waals surface area (Å²) in [5.74, 6) is 0.161. The van der Waals surface area contributed by atoms with Crippen molar-refractivity contribution in [3.05, 3.63) is 29.8 Å². The molecule has 0 saturated carbocycles. The summed E-state index contributed by atoms with van der Waals surface area (Å²) in [7, 11) is 1.82. The van der Waals surface area contributed by atoms with Crippen LogP contribution >= 0.6 is 0 Å². The van der Waals surface area contributed by atoms with Crippen LogP contribution in [0.3, 0.4) is 0 Å². The molecule has 1 N–H and O–H groups in total. The summed E-state index contributed by atoms with van der Waals surface area (Å²) in [5.41, 5.74) is 0.942. The SMILES string of the molecule is CNC(c1ccc(OC(F)(F)F)cc1)C(C)C. The maximum Gasteiger partial charge on any atom is 0.573 e. The van der Waals surface area contributed by atoms with E-state index < -0.39 is 6.36 Å². The van der Waals surface area contributed by atoms with E-state index in [4.69, 9.17) is 0 Å². The molecule has 0 aliphatic carbocycles. The van der Waals surface area contributed by atoms with E-state index in [1.54, 1.807) is 12.1 Å². The molecule has 0 aromatic heterocycles. The van der Waals surface area contributed by atoms with Crippen molar-refractivity contribution in [3.63, 3.8) is 0 Å². The van der Waals surface area contributed by atoms with Crippen molar-refractivity contribution >= 4 is 0 Å². The van der Waals surface area contributed by atoms with Crippen molar-refractivity contribution in [3.8, 4) is 5.75 Å². The quantitative estimate of drug-likeness (QED) is 0.879. The van der Waals surface area contributed by atoms with Gasteiger partial charge in [0.25, 0.3) is 0 Å².